The summed E-state index contributed by atoms with van der Waals surface area (Å²) in [5, 5.41) is 8.54. The van der Waals surface area contributed by atoms with Crippen LogP contribution >= 0.6 is 0 Å². The predicted octanol–water partition coefficient (Wildman–Crippen LogP) is -1.60. The van der Waals surface area contributed by atoms with E-state index in [0.717, 1.165) is 0 Å². The van der Waals surface area contributed by atoms with E-state index in [0.29, 0.717) is 4.48 Å². The van der Waals surface area contributed by atoms with Gasteiger partial charge in [0, 0.05) is 0 Å². The molecule has 0 radical (unpaired) electrons. The number of aliphatic carboxylic acids is 1. The van der Waals surface area contributed by atoms with Gasteiger partial charge in [0.1, 0.15) is 0 Å². The van der Waals surface area contributed by atoms with Crippen LogP contribution in [0.3, 0.4) is 0 Å². The van der Waals surface area contributed by atoms with Crippen LogP contribution in [0.25, 0.3) is 0 Å². The van der Waals surface area contributed by atoms with E-state index in [1.165, 1.54) is 0 Å². The Morgan fingerprint density at radius 3 is 2.13 bits per heavy atom. The van der Waals surface area contributed by atoms with Crippen LogP contribution < -0.4 is 0 Å². The fourth-order valence-electron chi connectivity index (χ4n) is 1.14. The summed E-state index contributed by atoms with van der Waals surface area (Å²) in [6.45, 7) is 0.221. The van der Waals surface area contributed by atoms with Crippen molar-refractivity contribution in [3.63, 3.8) is 0 Å². The van der Waals surface area contributed by atoms with Crippen molar-refractivity contribution >= 4 is 20.5 Å². The third kappa shape index (κ3) is 9.96. The van der Waals surface area contributed by atoms with Gasteiger partial charge in [-0.1, -0.05) is 0 Å². The van der Waals surface area contributed by atoms with Crippen LogP contribution in [0.5, 0.6) is 0 Å². The van der Waals surface area contributed by atoms with Crippen LogP contribution in [-0.2, 0) is 12.3 Å². The number of quaternary nitrogens is 1. The molecule has 0 saturated carbocycles. The minimum atomic E-state index is -5.23. The molecule has 0 heterocycles. The second kappa shape index (κ2) is 5.14. The van der Waals surface area contributed by atoms with Gasteiger partial charge in [-0.25, -0.2) is 0 Å². The predicted molar refractivity (Wildman–Crippen MR) is 50.9 cm³/mol. The Bertz CT molecular complexity index is 267. The standard InChI is InChI=1S/C7H16AsNO6/c1-9(2,3)5-6(4-7(10)11)15-8(12,13)14/h6H,4-5H2,1-3H3,(H2-,10,11,12,13,14)/p+1. The molecule has 7 nitrogen and oxygen atoms in total. The summed E-state index contributed by atoms with van der Waals surface area (Å²) in [6, 6.07) is 0. The van der Waals surface area contributed by atoms with Gasteiger partial charge in [0.2, 0.25) is 0 Å². The molecule has 0 spiro atoms. The molecule has 0 saturated heterocycles. The molecule has 0 rings (SSSR count). The van der Waals surface area contributed by atoms with E-state index in [4.69, 9.17) is 13.3 Å². The van der Waals surface area contributed by atoms with Crippen molar-refractivity contribution in [2.75, 3.05) is 27.7 Å². The Kier molecular flexibility index (Phi) is 5.02. The average molecular weight is 286 g/mol. The molecule has 0 fully saturated rings. The summed E-state index contributed by atoms with van der Waals surface area (Å²) in [4.78, 5) is 10.4. The number of carboxylic acid groups (broad SMARTS) is 1. The number of carboxylic acids is 1. The molecule has 3 N–H and O–H groups in total. The van der Waals surface area contributed by atoms with E-state index >= 15 is 0 Å². The van der Waals surface area contributed by atoms with E-state index in [1.54, 1.807) is 21.1 Å². The molecule has 15 heavy (non-hydrogen) atoms. The third-order valence-corrected chi connectivity index (χ3v) is 2.64. The number of likely N-dealkylation sites (N-methyl/N-ethyl adjacent to an activating group) is 1. The van der Waals surface area contributed by atoms with Gasteiger partial charge in [0.05, 0.1) is 0 Å². The van der Waals surface area contributed by atoms with E-state index in [1.807, 2.05) is 0 Å². The Balaban J connectivity index is 4.45. The first-order valence-corrected chi connectivity index (χ1v) is 7.47. The molecule has 0 aromatic carbocycles. The number of hydrogen-bond acceptors (Lipinski definition) is 3. The summed E-state index contributed by atoms with van der Waals surface area (Å²) in [5.74, 6) is -1.14. The van der Waals surface area contributed by atoms with Crippen molar-refractivity contribution < 1.29 is 30.0 Å². The number of nitrogens with zero attached hydrogens (tertiary/aromatic N) is 1. The Morgan fingerprint density at radius 2 is 1.87 bits per heavy atom. The molecule has 0 aliphatic carbocycles. The van der Waals surface area contributed by atoms with Gasteiger partial charge < -0.3 is 0 Å². The number of hydrogen-bond donors (Lipinski definition) is 3. The van der Waals surface area contributed by atoms with E-state index < -0.39 is 33.0 Å². The van der Waals surface area contributed by atoms with Crippen molar-refractivity contribution in [3.05, 3.63) is 0 Å². The van der Waals surface area contributed by atoms with Gasteiger partial charge in [0.15, 0.2) is 0 Å². The van der Waals surface area contributed by atoms with Crippen LogP contribution in [0.1, 0.15) is 6.42 Å². The van der Waals surface area contributed by atoms with Gasteiger partial charge >= 0.3 is 90.7 Å². The molecular weight excluding hydrogens is 269 g/mol. The van der Waals surface area contributed by atoms with Crippen molar-refractivity contribution in [2.45, 2.75) is 12.5 Å². The molecule has 0 aromatic rings. The molecular formula is C7H17AsNO6+. The van der Waals surface area contributed by atoms with E-state index in [9.17, 15) is 8.53 Å². The monoisotopic (exact) mass is 286 g/mol. The first-order chi connectivity index (χ1) is 6.49. The number of carbonyl (C=O) groups is 1. The van der Waals surface area contributed by atoms with Crippen LogP contribution in [0.4, 0.5) is 0 Å². The first-order valence-electron chi connectivity index (χ1n) is 4.26. The van der Waals surface area contributed by atoms with Gasteiger partial charge in [-0.2, -0.15) is 0 Å². The SMILES string of the molecule is C[N+](C)(C)CC(CC(=O)O)O[As](=O)(O)O. The normalized spacial score (nSPS) is 15.0. The van der Waals surface area contributed by atoms with Crippen molar-refractivity contribution in [3.8, 4) is 0 Å². The molecule has 0 aliphatic heterocycles. The molecule has 0 amide bonds. The minimum absolute atomic E-state index is 0.221. The third-order valence-electron chi connectivity index (χ3n) is 1.44. The Labute approximate surface area is 91.2 Å². The average Bonchev–Trinajstić information content (AvgIpc) is 1.73. The maximum absolute atomic E-state index is 10.6. The van der Waals surface area contributed by atoms with E-state index in [2.05, 4.69) is 3.73 Å². The summed E-state index contributed by atoms with van der Waals surface area (Å²) < 4.78 is 32.8. The molecule has 1 atom stereocenters. The van der Waals surface area contributed by atoms with Gasteiger partial charge in [0.25, 0.3) is 0 Å². The second-order valence-electron chi connectivity index (χ2n) is 4.29. The fourth-order valence-corrected chi connectivity index (χ4v) is 2.25. The quantitative estimate of drug-likeness (QED) is 0.401. The topological polar surface area (TPSA) is 104 Å². The molecule has 90 valence electrons. The zero-order valence-corrected chi connectivity index (χ0v) is 10.8. The van der Waals surface area contributed by atoms with Crippen LogP contribution in [0.2, 0.25) is 0 Å². The molecule has 0 aliphatic rings. The summed E-state index contributed by atoms with van der Waals surface area (Å²) in [7, 11) is 5.35. The van der Waals surface area contributed by atoms with Crippen molar-refractivity contribution in [1.82, 2.24) is 0 Å². The zero-order chi connectivity index (χ0) is 12.3. The Morgan fingerprint density at radius 1 is 1.40 bits per heavy atom. The van der Waals surface area contributed by atoms with Crippen molar-refractivity contribution in [2.24, 2.45) is 0 Å². The molecule has 8 heteroatoms. The zero-order valence-electron chi connectivity index (χ0n) is 8.95. The molecule has 1 unspecified atom stereocenters. The van der Waals surface area contributed by atoms with Crippen LogP contribution in [0.15, 0.2) is 0 Å². The van der Waals surface area contributed by atoms with Crippen LogP contribution in [-0.4, -0.2) is 72.1 Å². The molecule has 0 bridgehead atoms. The van der Waals surface area contributed by atoms with Crippen LogP contribution in [0, 0.1) is 0 Å². The van der Waals surface area contributed by atoms with Gasteiger partial charge in [-0.05, 0) is 0 Å². The second-order valence-corrected chi connectivity index (χ2v) is 6.79. The number of rotatable bonds is 6. The van der Waals surface area contributed by atoms with E-state index in [-0.39, 0.29) is 6.54 Å². The van der Waals surface area contributed by atoms with Gasteiger partial charge in [-0.15, -0.1) is 0 Å². The summed E-state index contributed by atoms with van der Waals surface area (Å²) in [6.07, 6.45) is -1.38. The molecule has 0 aromatic heterocycles. The first kappa shape index (κ1) is 14.7. The van der Waals surface area contributed by atoms with Gasteiger partial charge in [-0.3, -0.25) is 0 Å². The maximum atomic E-state index is 10.6. The fraction of sp³-hybridized carbons (Fsp3) is 0.857. The van der Waals surface area contributed by atoms with Crippen molar-refractivity contribution in [1.29, 1.82) is 0 Å². The summed E-state index contributed by atoms with van der Waals surface area (Å²) >= 11 is -5.23. The Hall–Kier alpha value is -0.332. The summed E-state index contributed by atoms with van der Waals surface area (Å²) in [5.41, 5.74) is 0.